The molecule has 96 valence electrons. The zero-order valence-electron chi connectivity index (χ0n) is 8.71. The van der Waals surface area contributed by atoms with Gasteiger partial charge < -0.3 is 16.2 Å². The van der Waals surface area contributed by atoms with E-state index in [1.54, 1.807) is 0 Å². The molecule has 1 amide bonds. The van der Waals surface area contributed by atoms with E-state index in [2.05, 4.69) is 0 Å². The maximum absolute atomic E-state index is 12.8. The van der Waals surface area contributed by atoms with Crippen molar-refractivity contribution in [1.29, 1.82) is 0 Å². The third-order valence-electron chi connectivity index (χ3n) is 2.71. The Morgan fingerprint density at radius 2 is 2.00 bits per heavy atom. The highest BCUT2D eigenvalue weighted by Gasteiger charge is 2.54. The van der Waals surface area contributed by atoms with Crippen LogP contribution in [0, 0.1) is 0 Å². The molecule has 0 fully saturated rings. The molecule has 1 atom stereocenters. The van der Waals surface area contributed by atoms with Gasteiger partial charge in [0, 0.05) is 11.3 Å². The predicted molar refractivity (Wildman–Crippen MR) is 53.6 cm³/mol. The summed E-state index contributed by atoms with van der Waals surface area (Å²) in [6, 6.07) is 2.92. The number of aliphatic carboxylic acids is 1. The molecule has 18 heavy (non-hydrogen) atoms. The van der Waals surface area contributed by atoms with Crippen LogP contribution in [-0.2, 0) is 21.3 Å². The van der Waals surface area contributed by atoms with Crippen LogP contribution in [0.2, 0.25) is 0 Å². The summed E-state index contributed by atoms with van der Waals surface area (Å²) in [4.78, 5) is 22.5. The van der Waals surface area contributed by atoms with Crippen molar-refractivity contribution >= 4 is 17.6 Å². The molecule has 1 aromatic carbocycles. The monoisotopic (exact) mass is 260 g/mol. The number of halogens is 3. The van der Waals surface area contributed by atoms with Gasteiger partial charge in [0.15, 0.2) is 0 Å². The molecule has 1 aromatic rings. The molecule has 1 aliphatic heterocycles. The number of alkyl halides is 3. The number of carboxylic acid groups (broad SMARTS) is 1. The first kappa shape index (κ1) is 12.4. The SMILES string of the molecule is N[C@@]1(C(=O)O)C(=O)Nc2cccc(C(F)(F)F)c21. The Labute approximate surface area is 98.4 Å². The van der Waals surface area contributed by atoms with E-state index in [1.807, 2.05) is 5.32 Å². The molecule has 0 unspecified atom stereocenters. The van der Waals surface area contributed by atoms with Gasteiger partial charge in [0.2, 0.25) is 5.54 Å². The number of benzene rings is 1. The first-order valence-corrected chi connectivity index (χ1v) is 4.73. The number of carbonyl (C=O) groups excluding carboxylic acids is 1. The Bertz CT molecular complexity index is 556. The van der Waals surface area contributed by atoms with Gasteiger partial charge in [0.05, 0.1) is 5.56 Å². The fourth-order valence-electron chi connectivity index (χ4n) is 1.86. The normalized spacial score (nSPS) is 22.6. The lowest BCUT2D eigenvalue weighted by Gasteiger charge is -2.20. The van der Waals surface area contributed by atoms with Crippen LogP contribution < -0.4 is 11.1 Å². The van der Waals surface area contributed by atoms with Crippen molar-refractivity contribution in [3.8, 4) is 0 Å². The Kier molecular flexibility index (Phi) is 2.37. The summed E-state index contributed by atoms with van der Waals surface area (Å²) < 4.78 is 38.4. The maximum Gasteiger partial charge on any atom is 0.416 e. The molecule has 0 saturated carbocycles. The lowest BCUT2D eigenvalue weighted by Crippen LogP contribution is -2.51. The Hall–Kier alpha value is -2.09. The highest BCUT2D eigenvalue weighted by molar-refractivity contribution is 6.18. The number of rotatable bonds is 1. The second-order valence-corrected chi connectivity index (χ2v) is 3.79. The highest BCUT2D eigenvalue weighted by Crippen LogP contribution is 2.43. The number of carbonyl (C=O) groups is 2. The van der Waals surface area contributed by atoms with E-state index in [1.165, 1.54) is 6.07 Å². The van der Waals surface area contributed by atoms with Crippen LogP contribution in [0.5, 0.6) is 0 Å². The van der Waals surface area contributed by atoms with Crippen LogP contribution in [-0.4, -0.2) is 17.0 Å². The van der Waals surface area contributed by atoms with Crippen molar-refractivity contribution in [3.05, 3.63) is 29.3 Å². The summed E-state index contributed by atoms with van der Waals surface area (Å²) in [7, 11) is 0. The van der Waals surface area contributed by atoms with E-state index >= 15 is 0 Å². The Morgan fingerprint density at radius 3 is 2.50 bits per heavy atom. The summed E-state index contributed by atoms with van der Waals surface area (Å²) in [5.41, 5.74) is 0.398. The summed E-state index contributed by atoms with van der Waals surface area (Å²) in [5, 5.41) is 11.0. The van der Waals surface area contributed by atoms with Gasteiger partial charge in [-0.05, 0) is 12.1 Å². The Morgan fingerprint density at radius 1 is 1.39 bits per heavy atom. The summed E-state index contributed by atoms with van der Waals surface area (Å²) in [5.74, 6) is -3.03. The quantitative estimate of drug-likeness (QED) is 0.654. The maximum atomic E-state index is 12.8. The molecule has 0 aliphatic carbocycles. The number of nitrogens with two attached hydrogens (primary N) is 1. The summed E-state index contributed by atoms with van der Waals surface area (Å²) >= 11 is 0. The van der Waals surface area contributed by atoms with Gasteiger partial charge in [-0.1, -0.05) is 6.07 Å². The minimum Gasteiger partial charge on any atom is -0.479 e. The molecule has 0 spiro atoms. The molecule has 4 N–H and O–H groups in total. The van der Waals surface area contributed by atoms with Crippen LogP contribution in [0.25, 0.3) is 0 Å². The average molecular weight is 260 g/mol. The second-order valence-electron chi connectivity index (χ2n) is 3.79. The largest absolute Gasteiger partial charge is 0.479 e. The van der Waals surface area contributed by atoms with Crippen LogP contribution >= 0.6 is 0 Å². The fraction of sp³-hybridized carbons (Fsp3) is 0.200. The van der Waals surface area contributed by atoms with Crippen molar-refractivity contribution in [3.63, 3.8) is 0 Å². The van der Waals surface area contributed by atoms with Crippen molar-refractivity contribution in [2.45, 2.75) is 11.7 Å². The Balaban J connectivity index is 2.78. The molecule has 0 aromatic heterocycles. The van der Waals surface area contributed by atoms with Gasteiger partial charge in [-0.15, -0.1) is 0 Å². The molecule has 0 bridgehead atoms. The van der Waals surface area contributed by atoms with Crippen molar-refractivity contribution < 1.29 is 27.9 Å². The molecule has 0 saturated heterocycles. The summed E-state index contributed by atoms with van der Waals surface area (Å²) in [6.45, 7) is 0. The van der Waals surface area contributed by atoms with Crippen LogP contribution in [0.1, 0.15) is 11.1 Å². The van der Waals surface area contributed by atoms with E-state index in [4.69, 9.17) is 10.8 Å². The average Bonchev–Trinajstić information content (AvgIpc) is 2.51. The minimum atomic E-state index is -4.79. The van der Waals surface area contributed by atoms with Crippen LogP contribution in [0.3, 0.4) is 0 Å². The molecule has 2 rings (SSSR count). The van der Waals surface area contributed by atoms with Crippen molar-refractivity contribution in [2.24, 2.45) is 5.73 Å². The first-order chi connectivity index (χ1) is 8.19. The van der Waals surface area contributed by atoms with E-state index in [9.17, 15) is 22.8 Å². The lowest BCUT2D eigenvalue weighted by atomic mass is 9.88. The number of hydrogen-bond acceptors (Lipinski definition) is 3. The molecular formula is C10H7F3N2O3. The predicted octanol–water partition coefficient (Wildman–Crippen LogP) is 0.896. The molecule has 1 heterocycles. The zero-order valence-corrected chi connectivity index (χ0v) is 8.71. The van der Waals surface area contributed by atoms with E-state index in [0.29, 0.717) is 6.07 Å². The first-order valence-electron chi connectivity index (χ1n) is 4.73. The number of amides is 1. The topological polar surface area (TPSA) is 92.4 Å². The van der Waals surface area contributed by atoms with Crippen molar-refractivity contribution in [2.75, 3.05) is 5.32 Å². The molecule has 0 radical (unpaired) electrons. The van der Waals surface area contributed by atoms with E-state index in [-0.39, 0.29) is 5.69 Å². The third-order valence-corrected chi connectivity index (χ3v) is 2.71. The van der Waals surface area contributed by atoms with E-state index in [0.717, 1.165) is 6.07 Å². The molecule has 8 heteroatoms. The third kappa shape index (κ3) is 1.46. The smallest absolute Gasteiger partial charge is 0.416 e. The number of fused-ring (bicyclic) bond motifs is 1. The second kappa shape index (κ2) is 3.45. The van der Waals surface area contributed by atoms with Gasteiger partial charge in [-0.2, -0.15) is 13.2 Å². The standard InChI is InChI=1S/C10H7F3N2O3/c11-10(12,13)4-2-1-3-5-6(4)9(14,8(17)18)7(16)15-5/h1-3H,14H2,(H,15,16)(H,17,18)/t9-/m1/s1. The number of hydrogen-bond donors (Lipinski definition) is 3. The van der Waals surface area contributed by atoms with Gasteiger partial charge in [0.1, 0.15) is 0 Å². The number of carboxylic acids is 1. The van der Waals surface area contributed by atoms with Gasteiger partial charge in [-0.3, -0.25) is 4.79 Å². The number of anilines is 1. The van der Waals surface area contributed by atoms with Crippen LogP contribution in [0.15, 0.2) is 18.2 Å². The van der Waals surface area contributed by atoms with Gasteiger partial charge >= 0.3 is 12.1 Å². The fourth-order valence-corrected chi connectivity index (χ4v) is 1.86. The highest BCUT2D eigenvalue weighted by atomic mass is 19.4. The zero-order chi connectivity index (χ0) is 13.7. The molecule has 1 aliphatic rings. The molecular weight excluding hydrogens is 253 g/mol. The van der Waals surface area contributed by atoms with Gasteiger partial charge in [-0.25, -0.2) is 4.79 Å². The lowest BCUT2D eigenvalue weighted by molar-refractivity contribution is -0.148. The molecule has 5 nitrogen and oxygen atoms in total. The summed E-state index contributed by atoms with van der Waals surface area (Å²) in [6.07, 6.45) is -4.79. The number of nitrogens with one attached hydrogen (secondary N) is 1. The van der Waals surface area contributed by atoms with Gasteiger partial charge in [0.25, 0.3) is 5.91 Å². The van der Waals surface area contributed by atoms with Crippen LogP contribution in [0.4, 0.5) is 18.9 Å². The van der Waals surface area contributed by atoms with E-state index < -0.39 is 34.7 Å². The van der Waals surface area contributed by atoms with Crippen molar-refractivity contribution in [1.82, 2.24) is 0 Å². The minimum absolute atomic E-state index is 0.236.